The third-order valence-corrected chi connectivity index (χ3v) is 5.63. The van der Waals surface area contributed by atoms with Gasteiger partial charge in [0.15, 0.2) is 24.0 Å². The number of rotatable bonds is 7. The molecule has 1 amide bonds. The first-order valence-electron chi connectivity index (χ1n) is 10.8. The van der Waals surface area contributed by atoms with E-state index in [4.69, 9.17) is 13.9 Å². The number of carbonyl (C=O) groups excluding carboxylic acids is 1. The number of amides is 1. The molecule has 0 radical (unpaired) electrons. The quantitative estimate of drug-likeness (QED) is 0.543. The monoisotopic (exact) mass is 438 g/mol. The van der Waals surface area contributed by atoms with Crippen molar-refractivity contribution < 1.29 is 23.1 Å². The van der Waals surface area contributed by atoms with Gasteiger partial charge < -0.3 is 18.8 Å². The summed E-state index contributed by atoms with van der Waals surface area (Å²) in [6.45, 7) is 3.13. The largest absolute Gasteiger partial charge is 0.493 e. The molecule has 4 rings (SSSR count). The van der Waals surface area contributed by atoms with Crippen LogP contribution in [0.25, 0.3) is 0 Å². The van der Waals surface area contributed by atoms with E-state index in [1.54, 1.807) is 24.3 Å². The molecule has 1 aromatic heterocycles. The highest BCUT2D eigenvalue weighted by Crippen LogP contribution is 2.29. The van der Waals surface area contributed by atoms with Crippen molar-refractivity contribution in [3.8, 4) is 11.5 Å². The van der Waals surface area contributed by atoms with E-state index in [1.807, 2.05) is 31.2 Å². The zero-order valence-electron chi connectivity index (χ0n) is 18.3. The Hall–Kier alpha value is -3.35. The Labute approximate surface area is 187 Å². The van der Waals surface area contributed by atoms with E-state index < -0.39 is 0 Å². The van der Waals surface area contributed by atoms with Gasteiger partial charge in [-0.2, -0.15) is 0 Å². The van der Waals surface area contributed by atoms with Crippen molar-refractivity contribution in [3.05, 3.63) is 77.3 Å². The molecule has 2 aromatic carbocycles. The average molecular weight is 438 g/mol. The number of benzene rings is 2. The summed E-state index contributed by atoms with van der Waals surface area (Å²) in [5, 5.41) is 0. The Morgan fingerprint density at radius 1 is 1.25 bits per heavy atom. The number of nitrogens with zero attached hydrogens (tertiary/aromatic N) is 2. The van der Waals surface area contributed by atoms with Crippen LogP contribution in [0.1, 0.15) is 41.5 Å². The third kappa shape index (κ3) is 5.28. The van der Waals surface area contributed by atoms with Crippen molar-refractivity contribution >= 4 is 5.91 Å². The molecular weight excluding hydrogens is 411 g/mol. The predicted molar refractivity (Wildman–Crippen MR) is 117 cm³/mol. The first-order valence-corrected chi connectivity index (χ1v) is 10.8. The lowest BCUT2D eigenvalue weighted by molar-refractivity contribution is -0.134. The second-order valence-electron chi connectivity index (χ2n) is 8.09. The molecule has 0 bridgehead atoms. The van der Waals surface area contributed by atoms with Crippen LogP contribution in [0.2, 0.25) is 0 Å². The van der Waals surface area contributed by atoms with E-state index in [1.165, 1.54) is 12.1 Å². The molecule has 32 heavy (non-hydrogen) atoms. The Morgan fingerprint density at radius 3 is 2.94 bits per heavy atom. The smallest absolute Gasteiger partial charge is 0.260 e. The number of hydrogen-bond donors (Lipinski definition) is 0. The van der Waals surface area contributed by atoms with Crippen LogP contribution in [0, 0.1) is 12.7 Å². The SMILES string of the molecule is COc1cc(C)ccc1OCC(=O)N1CCC[C@H](c2ncc(Cc3cccc(F)c3)o2)C1. The second-order valence-corrected chi connectivity index (χ2v) is 8.09. The lowest BCUT2D eigenvalue weighted by Crippen LogP contribution is -2.41. The molecule has 0 saturated carbocycles. The predicted octanol–water partition coefficient (Wildman–Crippen LogP) is 4.51. The van der Waals surface area contributed by atoms with Gasteiger partial charge in [0, 0.05) is 19.5 Å². The fourth-order valence-electron chi connectivity index (χ4n) is 3.97. The fraction of sp³-hybridized carbons (Fsp3) is 0.360. The van der Waals surface area contributed by atoms with Crippen molar-refractivity contribution in [2.45, 2.75) is 32.1 Å². The highest BCUT2D eigenvalue weighted by atomic mass is 19.1. The molecule has 1 saturated heterocycles. The normalized spacial score (nSPS) is 16.1. The van der Waals surface area contributed by atoms with Crippen molar-refractivity contribution in [3.63, 3.8) is 0 Å². The number of aromatic nitrogens is 1. The van der Waals surface area contributed by atoms with Crippen LogP contribution in [0.5, 0.6) is 11.5 Å². The zero-order valence-corrected chi connectivity index (χ0v) is 18.3. The lowest BCUT2D eigenvalue weighted by atomic mass is 9.98. The van der Waals surface area contributed by atoms with Crippen LogP contribution in [-0.2, 0) is 11.2 Å². The Balaban J connectivity index is 1.35. The minimum Gasteiger partial charge on any atom is -0.493 e. The van der Waals surface area contributed by atoms with Crippen molar-refractivity contribution in [2.75, 3.05) is 26.8 Å². The Bertz CT molecular complexity index is 1080. The third-order valence-electron chi connectivity index (χ3n) is 5.63. The maximum Gasteiger partial charge on any atom is 0.260 e. The van der Waals surface area contributed by atoms with Gasteiger partial charge in [0.2, 0.25) is 0 Å². The van der Waals surface area contributed by atoms with Crippen LogP contribution in [0.3, 0.4) is 0 Å². The minimum atomic E-state index is -0.269. The molecule has 1 fully saturated rings. The van der Waals surface area contributed by atoms with E-state index in [2.05, 4.69) is 4.98 Å². The Morgan fingerprint density at radius 2 is 2.12 bits per heavy atom. The van der Waals surface area contributed by atoms with Gasteiger partial charge in [-0.05, 0) is 55.2 Å². The first-order chi connectivity index (χ1) is 15.5. The molecule has 0 aliphatic carbocycles. The number of halogens is 1. The molecule has 0 spiro atoms. The van der Waals surface area contributed by atoms with Gasteiger partial charge in [0.05, 0.1) is 19.2 Å². The average Bonchev–Trinajstić information content (AvgIpc) is 3.26. The summed E-state index contributed by atoms with van der Waals surface area (Å²) in [5.41, 5.74) is 1.89. The van der Waals surface area contributed by atoms with Crippen molar-refractivity contribution in [2.24, 2.45) is 0 Å². The van der Waals surface area contributed by atoms with E-state index >= 15 is 0 Å². The van der Waals surface area contributed by atoms with Gasteiger partial charge in [0.25, 0.3) is 5.91 Å². The number of hydrogen-bond acceptors (Lipinski definition) is 5. The van der Waals surface area contributed by atoms with Crippen molar-refractivity contribution in [1.82, 2.24) is 9.88 Å². The number of piperidine rings is 1. The summed E-state index contributed by atoms with van der Waals surface area (Å²) in [7, 11) is 1.58. The number of ether oxygens (including phenoxy) is 2. The van der Waals surface area contributed by atoms with E-state index in [0.717, 1.165) is 24.0 Å². The summed E-state index contributed by atoms with van der Waals surface area (Å²) in [4.78, 5) is 19.0. The number of aryl methyl sites for hydroxylation is 1. The summed E-state index contributed by atoms with van der Waals surface area (Å²) >= 11 is 0. The van der Waals surface area contributed by atoms with Gasteiger partial charge >= 0.3 is 0 Å². The molecule has 1 atom stereocenters. The zero-order chi connectivity index (χ0) is 22.5. The summed E-state index contributed by atoms with van der Waals surface area (Å²) in [5.74, 6) is 2.15. The highest BCUT2D eigenvalue weighted by Gasteiger charge is 2.28. The molecule has 7 heteroatoms. The van der Waals surface area contributed by atoms with Crippen LogP contribution in [-0.4, -0.2) is 42.6 Å². The molecule has 6 nitrogen and oxygen atoms in total. The van der Waals surface area contributed by atoms with Crippen LogP contribution in [0.4, 0.5) is 4.39 Å². The van der Waals surface area contributed by atoms with E-state index in [0.29, 0.717) is 42.7 Å². The first kappa shape index (κ1) is 21.9. The molecule has 0 unspecified atom stereocenters. The highest BCUT2D eigenvalue weighted by molar-refractivity contribution is 5.78. The molecule has 3 aromatic rings. The maximum atomic E-state index is 13.4. The molecule has 168 valence electrons. The van der Waals surface area contributed by atoms with E-state index in [-0.39, 0.29) is 24.2 Å². The maximum absolute atomic E-state index is 13.4. The summed E-state index contributed by atoms with van der Waals surface area (Å²) in [6.07, 6.45) is 3.93. The number of methoxy groups -OCH3 is 1. The summed E-state index contributed by atoms with van der Waals surface area (Å²) in [6, 6.07) is 12.1. The summed E-state index contributed by atoms with van der Waals surface area (Å²) < 4.78 is 30.4. The number of oxazole rings is 1. The second kappa shape index (κ2) is 9.85. The van der Waals surface area contributed by atoms with Crippen LogP contribution >= 0.6 is 0 Å². The number of carbonyl (C=O) groups is 1. The van der Waals surface area contributed by atoms with E-state index in [9.17, 15) is 9.18 Å². The molecule has 1 aliphatic rings. The Kier molecular flexibility index (Phi) is 6.73. The van der Waals surface area contributed by atoms with Crippen molar-refractivity contribution in [1.29, 1.82) is 0 Å². The standard InChI is InChI=1S/C25H27FN2O4/c1-17-8-9-22(23(11-17)30-2)31-16-24(29)28-10-4-6-19(15-28)25-27-14-21(32-25)13-18-5-3-7-20(26)12-18/h3,5,7-9,11-12,14,19H,4,6,10,13,15-16H2,1-2H3/t19-/m0/s1. The topological polar surface area (TPSA) is 64.8 Å². The minimum absolute atomic E-state index is 0.0304. The van der Waals surface area contributed by atoms with Gasteiger partial charge in [-0.3, -0.25) is 4.79 Å². The van der Waals surface area contributed by atoms with Gasteiger partial charge in [0.1, 0.15) is 11.6 Å². The van der Waals surface area contributed by atoms with Gasteiger partial charge in [-0.1, -0.05) is 18.2 Å². The van der Waals surface area contributed by atoms with Gasteiger partial charge in [-0.15, -0.1) is 0 Å². The number of likely N-dealkylation sites (tertiary alicyclic amines) is 1. The molecule has 0 N–H and O–H groups in total. The van der Waals surface area contributed by atoms with Crippen LogP contribution in [0.15, 0.2) is 53.1 Å². The molecule has 2 heterocycles. The molecule has 1 aliphatic heterocycles. The lowest BCUT2D eigenvalue weighted by Gasteiger charge is -2.31. The fourth-order valence-corrected chi connectivity index (χ4v) is 3.97. The molecular formula is C25H27FN2O4. The van der Waals surface area contributed by atoms with Gasteiger partial charge in [-0.25, -0.2) is 9.37 Å². The van der Waals surface area contributed by atoms with Crippen LogP contribution < -0.4 is 9.47 Å².